The van der Waals surface area contributed by atoms with Gasteiger partial charge in [-0.2, -0.15) is 0 Å². The summed E-state index contributed by atoms with van der Waals surface area (Å²) in [5.41, 5.74) is 3.28. The SMILES string of the molecule is Cc1nc(-c2ccccc2)sc1C(=O)NCc1ccc(NC(=O)c2ccco2)cc1. The highest BCUT2D eigenvalue weighted by molar-refractivity contribution is 7.17. The summed E-state index contributed by atoms with van der Waals surface area (Å²) < 4.78 is 5.07. The summed E-state index contributed by atoms with van der Waals surface area (Å²) in [4.78, 5) is 29.8. The fourth-order valence-electron chi connectivity index (χ4n) is 2.88. The number of anilines is 1. The largest absolute Gasteiger partial charge is 0.459 e. The van der Waals surface area contributed by atoms with Crippen molar-refractivity contribution in [3.63, 3.8) is 0 Å². The molecule has 4 rings (SSSR count). The molecule has 2 aromatic heterocycles. The number of carbonyl (C=O) groups is 2. The molecule has 0 saturated carbocycles. The van der Waals surface area contributed by atoms with Crippen LogP contribution in [-0.2, 0) is 6.54 Å². The molecule has 6 nitrogen and oxygen atoms in total. The third-order valence-electron chi connectivity index (χ3n) is 4.43. The molecule has 0 saturated heterocycles. The van der Waals surface area contributed by atoms with Crippen LogP contribution in [-0.4, -0.2) is 16.8 Å². The van der Waals surface area contributed by atoms with Crippen molar-refractivity contribution in [3.8, 4) is 10.6 Å². The fourth-order valence-corrected chi connectivity index (χ4v) is 3.87. The lowest BCUT2D eigenvalue weighted by atomic mass is 10.2. The standard InChI is InChI=1S/C23H19N3O3S/c1-15-20(30-23(25-15)17-6-3-2-4-7-17)22(28)24-14-16-9-11-18(12-10-16)26-21(27)19-8-5-13-29-19/h2-13H,14H2,1H3,(H,24,28)(H,26,27). The van der Waals surface area contributed by atoms with Gasteiger partial charge in [-0.15, -0.1) is 11.3 Å². The van der Waals surface area contributed by atoms with E-state index in [4.69, 9.17) is 4.42 Å². The van der Waals surface area contributed by atoms with Gasteiger partial charge in [0.15, 0.2) is 5.76 Å². The molecular weight excluding hydrogens is 398 g/mol. The van der Waals surface area contributed by atoms with E-state index in [1.54, 1.807) is 24.3 Å². The zero-order valence-corrected chi connectivity index (χ0v) is 17.0. The van der Waals surface area contributed by atoms with Crippen LogP contribution >= 0.6 is 11.3 Å². The van der Waals surface area contributed by atoms with Crippen molar-refractivity contribution in [2.45, 2.75) is 13.5 Å². The van der Waals surface area contributed by atoms with Crippen molar-refractivity contribution in [2.75, 3.05) is 5.32 Å². The number of amides is 2. The lowest BCUT2D eigenvalue weighted by Gasteiger charge is -2.07. The summed E-state index contributed by atoms with van der Waals surface area (Å²) >= 11 is 1.38. The highest BCUT2D eigenvalue weighted by Crippen LogP contribution is 2.27. The lowest BCUT2D eigenvalue weighted by Crippen LogP contribution is -2.22. The van der Waals surface area contributed by atoms with E-state index in [2.05, 4.69) is 15.6 Å². The van der Waals surface area contributed by atoms with Gasteiger partial charge in [0.1, 0.15) is 9.88 Å². The summed E-state index contributed by atoms with van der Waals surface area (Å²) in [6.45, 7) is 2.22. The quantitative estimate of drug-likeness (QED) is 0.468. The summed E-state index contributed by atoms with van der Waals surface area (Å²) in [5.74, 6) is -0.209. The normalized spacial score (nSPS) is 10.6. The number of nitrogens with zero attached hydrogens (tertiary/aromatic N) is 1. The van der Waals surface area contributed by atoms with E-state index in [1.807, 2.05) is 49.4 Å². The second kappa shape index (κ2) is 8.75. The van der Waals surface area contributed by atoms with Crippen LogP contribution in [0.3, 0.4) is 0 Å². The van der Waals surface area contributed by atoms with Gasteiger partial charge in [0, 0.05) is 17.8 Å². The van der Waals surface area contributed by atoms with Gasteiger partial charge in [0.25, 0.3) is 11.8 Å². The van der Waals surface area contributed by atoms with Gasteiger partial charge in [0.05, 0.1) is 12.0 Å². The molecule has 4 aromatic rings. The molecule has 2 N–H and O–H groups in total. The molecule has 2 aromatic carbocycles. The van der Waals surface area contributed by atoms with Crippen LogP contribution in [0.1, 0.15) is 31.5 Å². The van der Waals surface area contributed by atoms with E-state index in [-0.39, 0.29) is 17.6 Å². The molecule has 7 heteroatoms. The predicted molar refractivity (Wildman–Crippen MR) is 117 cm³/mol. The van der Waals surface area contributed by atoms with Crippen LogP contribution in [0.5, 0.6) is 0 Å². The molecular formula is C23H19N3O3S. The number of rotatable bonds is 6. The summed E-state index contributed by atoms with van der Waals surface area (Å²) in [6.07, 6.45) is 1.45. The van der Waals surface area contributed by atoms with Crippen LogP contribution in [0, 0.1) is 6.92 Å². The van der Waals surface area contributed by atoms with Crippen molar-refractivity contribution in [2.24, 2.45) is 0 Å². The first-order valence-electron chi connectivity index (χ1n) is 9.35. The molecule has 0 bridgehead atoms. The number of hydrogen-bond donors (Lipinski definition) is 2. The number of nitrogens with one attached hydrogen (secondary N) is 2. The van der Waals surface area contributed by atoms with Gasteiger partial charge in [0.2, 0.25) is 0 Å². The molecule has 2 amide bonds. The highest BCUT2D eigenvalue weighted by Gasteiger charge is 2.16. The average molecular weight is 417 g/mol. The molecule has 0 aliphatic rings. The van der Waals surface area contributed by atoms with Crippen molar-refractivity contribution >= 4 is 28.8 Å². The Bertz CT molecular complexity index is 1150. The minimum absolute atomic E-state index is 0.151. The van der Waals surface area contributed by atoms with E-state index in [9.17, 15) is 9.59 Å². The van der Waals surface area contributed by atoms with E-state index in [0.717, 1.165) is 16.1 Å². The van der Waals surface area contributed by atoms with Crippen molar-refractivity contribution in [1.82, 2.24) is 10.3 Å². The molecule has 0 radical (unpaired) electrons. The maximum absolute atomic E-state index is 12.6. The number of carbonyl (C=O) groups excluding carboxylic acids is 2. The average Bonchev–Trinajstić information content (AvgIpc) is 3.44. The fraction of sp³-hybridized carbons (Fsp3) is 0.0870. The zero-order valence-electron chi connectivity index (χ0n) is 16.2. The number of thiazole rings is 1. The van der Waals surface area contributed by atoms with Crippen LogP contribution < -0.4 is 10.6 Å². The minimum Gasteiger partial charge on any atom is -0.459 e. The minimum atomic E-state index is -0.309. The Morgan fingerprint density at radius 2 is 1.73 bits per heavy atom. The number of aromatic nitrogens is 1. The van der Waals surface area contributed by atoms with Crippen LogP contribution in [0.2, 0.25) is 0 Å². The van der Waals surface area contributed by atoms with E-state index >= 15 is 0 Å². The van der Waals surface area contributed by atoms with Crippen LogP contribution in [0.4, 0.5) is 5.69 Å². The molecule has 0 fully saturated rings. The molecule has 0 aliphatic carbocycles. The maximum atomic E-state index is 12.6. The smallest absolute Gasteiger partial charge is 0.291 e. The Morgan fingerprint density at radius 1 is 0.967 bits per heavy atom. The van der Waals surface area contributed by atoms with Crippen LogP contribution in [0.15, 0.2) is 77.4 Å². The number of aryl methyl sites for hydroxylation is 1. The topological polar surface area (TPSA) is 84.2 Å². The second-order valence-electron chi connectivity index (χ2n) is 6.61. The number of furan rings is 1. The molecule has 0 atom stereocenters. The molecule has 150 valence electrons. The highest BCUT2D eigenvalue weighted by atomic mass is 32.1. The Balaban J connectivity index is 1.36. The summed E-state index contributed by atoms with van der Waals surface area (Å²) in [5, 5.41) is 6.52. The molecule has 2 heterocycles. The first kappa shape index (κ1) is 19.6. The Hall–Kier alpha value is -3.71. The Kier molecular flexibility index (Phi) is 5.72. The monoisotopic (exact) mass is 417 g/mol. The van der Waals surface area contributed by atoms with E-state index in [0.29, 0.717) is 22.8 Å². The molecule has 0 spiro atoms. The van der Waals surface area contributed by atoms with Gasteiger partial charge in [-0.05, 0) is 36.8 Å². The van der Waals surface area contributed by atoms with Gasteiger partial charge < -0.3 is 15.1 Å². The predicted octanol–water partition coefficient (Wildman–Crippen LogP) is 4.89. The van der Waals surface area contributed by atoms with Gasteiger partial charge in [-0.1, -0.05) is 42.5 Å². The van der Waals surface area contributed by atoms with E-state index in [1.165, 1.54) is 17.6 Å². The zero-order chi connectivity index (χ0) is 20.9. The first-order chi connectivity index (χ1) is 14.6. The Labute approximate surface area is 177 Å². The molecule has 30 heavy (non-hydrogen) atoms. The summed E-state index contributed by atoms with van der Waals surface area (Å²) in [7, 11) is 0. The third kappa shape index (κ3) is 4.47. The van der Waals surface area contributed by atoms with Gasteiger partial charge >= 0.3 is 0 Å². The number of hydrogen-bond acceptors (Lipinski definition) is 5. The Morgan fingerprint density at radius 3 is 2.43 bits per heavy atom. The maximum Gasteiger partial charge on any atom is 0.291 e. The third-order valence-corrected chi connectivity index (χ3v) is 5.64. The van der Waals surface area contributed by atoms with E-state index < -0.39 is 0 Å². The number of benzene rings is 2. The molecule has 0 unspecified atom stereocenters. The van der Waals surface area contributed by atoms with Crippen molar-refractivity contribution in [3.05, 3.63) is 94.9 Å². The summed E-state index contributed by atoms with van der Waals surface area (Å²) in [6, 6.07) is 20.3. The van der Waals surface area contributed by atoms with Crippen molar-refractivity contribution in [1.29, 1.82) is 0 Å². The second-order valence-corrected chi connectivity index (χ2v) is 7.61. The first-order valence-corrected chi connectivity index (χ1v) is 10.2. The molecule has 0 aliphatic heterocycles. The van der Waals surface area contributed by atoms with Crippen LogP contribution in [0.25, 0.3) is 10.6 Å². The lowest BCUT2D eigenvalue weighted by molar-refractivity contribution is 0.0953. The van der Waals surface area contributed by atoms with Crippen molar-refractivity contribution < 1.29 is 14.0 Å². The van der Waals surface area contributed by atoms with Gasteiger partial charge in [-0.25, -0.2) is 4.98 Å². The van der Waals surface area contributed by atoms with Gasteiger partial charge in [-0.3, -0.25) is 9.59 Å².